The van der Waals surface area contributed by atoms with E-state index in [-0.39, 0.29) is 0 Å². The molecule has 0 unspecified atom stereocenters. The van der Waals surface area contributed by atoms with Crippen LogP contribution >= 0.6 is 12.2 Å². The molecule has 4 aromatic carbocycles. The van der Waals surface area contributed by atoms with Gasteiger partial charge in [0, 0.05) is 23.4 Å². The average Bonchev–Trinajstić information content (AvgIpc) is 3.40. The minimum atomic E-state index is 0.303. The van der Waals surface area contributed by atoms with Crippen LogP contribution in [0.15, 0.2) is 126 Å². The van der Waals surface area contributed by atoms with E-state index in [4.69, 9.17) is 21.4 Å². The molecule has 6 nitrogen and oxygen atoms in total. The number of nitrogens with zero attached hydrogens (tertiary/aromatic N) is 2. The van der Waals surface area contributed by atoms with Crippen LogP contribution in [-0.4, -0.2) is 21.7 Å². The summed E-state index contributed by atoms with van der Waals surface area (Å²) in [6.45, 7) is 0.689. The van der Waals surface area contributed by atoms with Crippen LogP contribution in [0, 0.1) is 0 Å². The van der Waals surface area contributed by atoms with Crippen LogP contribution < -0.4 is 15.4 Å². The molecule has 0 saturated carbocycles. The summed E-state index contributed by atoms with van der Waals surface area (Å²) in [4.78, 5) is 9.05. The Kier molecular flexibility index (Phi) is 7.46. The number of nitrogens with one attached hydrogen (secondary N) is 2. The highest BCUT2D eigenvalue weighted by atomic mass is 32.1. The molecule has 0 spiro atoms. The van der Waals surface area contributed by atoms with Crippen LogP contribution in [0.3, 0.4) is 0 Å². The maximum atomic E-state index is 6.31. The number of anilines is 2. The number of rotatable bonds is 8. The van der Waals surface area contributed by atoms with E-state index in [9.17, 15) is 0 Å². The molecular formula is C33H26N4O2S. The summed E-state index contributed by atoms with van der Waals surface area (Å²) in [5.41, 5.74) is 5.63. The van der Waals surface area contributed by atoms with Gasteiger partial charge in [-0.2, -0.15) is 0 Å². The van der Waals surface area contributed by atoms with Gasteiger partial charge in [0.15, 0.2) is 0 Å². The fraction of sp³-hybridized carbons (Fsp3) is 0.0606. The molecule has 0 saturated heterocycles. The Bertz CT molecular complexity index is 1720. The van der Waals surface area contributed by atoms with Crippen LogP contribution in [-0.2, 0) is 6.42 Å². The van der Waals surface area contributed by atoms with Gasteiger partial charge in [-0.05, 0) is 54.0 Å². The SMILES string of the molecule is S=C(Nc1ccc(CCNc2ncnc3oc(-c4ccccc4)c(-c4ccccc4)c23)cc1)Oc1ccccc1. The van der Waals surface area contributed by atoms with E-state index in [0.29, 0.717) is 23.2 Å². The molecule has 6 rings (SSSR count). The fourth-order valence-corrected chi connectivity index (χ4v) is 4.77. The molecule has 0 aliphatic heterocycles. The Labute approximate surface area is 237 Å². The van der Waals surface area contributed by atoms with Crippen molar-refractivity contribution in [2.75, 3.05) is 17.2 Å². The predicted octanol–water partition coefficient (Wildman–Crippen LogP) is 7.99. The Balaban J connectivity index is 1.18. The molecule has 2 heterocycles. The van der Waals surface area contributed by atoms with E-state index >= 15 is 0 Å². The summed E-state index contributed by atoms with van der Waals surface area (Å²) in [7, 11) is 0. The van der Waals surface area contributed by atoms with Crippen molar-refractivity contribution in [3.63, 3.8) is 0 Å². The Hall–Kier alpha value is -5.01. The van der Waals surface area contributed by atoms with E-state index in [1.807, 2.05) is 91.0 Å². The van der Waals surface area contributed by atoms with Crippen molar-refractivity contribution < 1.29 is 9.15 Å². The third-order valence-electron chi connectivity index (χ3n) is 6.45. The third-order valence-corrected chi connectivity index (χ3v) is 6.63. The van der Waals surface area contributed by atoms with Gasteiger partial charge in [-0.25, -0.2) is 9.97 Å². The molecule has 2 N–H and O–H groups in total. The first kappa shape index (κ1) is 25.3. The number of aromatic nitrogens is 2. The Morgan fingerprint density at radius 1 is 0.750 bits per heavy atom. The lowest BCUT2D eigenvalue weighted by molar-refractivity contribution is 0.563. The van der Waals surface area contributed by atoms with Gasteiger partial charge in [0.05, 0.1) is 5.39 Å². The molecule has 196 valence electrons. The lowest BCUT2D eigenvalue weighted by Gasteiger charge is -2.11. The molecule has 40 heavy (non-hydrogen) atoms. The van der Waals surface area contributed by atoms with Gasteiger partial charge in [-0.1, -0.05) is 91.0 Å². The number of furan rings is 1. The molecule has 6 aromatic rings. The summed E-state index contributed by atoms with van der Waals surface area (Å²) in [6.07, 6.45) is 2.35. The monoisotopic (exact) mass is 542 g/mol. The minimum absolute atomic E-state index is 0.303. The van der Waals surface area contributed by atoms with Crippen molar-refractivity contribution in [3.05, 3.63) is 127 Å². The zero-order chi connectivity index (χ0) is 27.1. The average molecular weight is 543 g/mol. The number of hydrogen-bond acceptors (Lipinski definition) is 6. The first-order chi connectivity index (χ1) is 19.7. The number of hydrogen-bond donors (Lipinski definition) is 2. The zero-order valence-corrected chi connectivity index (χ0v) is 22.4. The highest BCUT2D eigenvalue weighted by Crippen LogP contribution is 2.42. The van der Waals surface area contributed by atoms with Gasteiger partial charge in [0.2, 0.25) is 5.71 Å². The van der Waals surface area contributed by atoms with Crippen LogP contribution in [0.5, 0.6) is 5.75 Å². The van der Waals surface area contributed by atoms with Gasteiger partial charge < -0.3 is 19.8 Å². The second kappa shape index (κ2) is 11.8. The number of para-hydroxylation sites is 1. The quantitative estimate of drug-likeness (QED) is 0.189. The summed E-state index contributed by atoms with van der Waals surface area (Å²) >= 11 is 5.33. The Morgan fingerprint density at radius 3 is 2.10 bits per heavy atom. The number of ether oxygens (including phenoxy) is 1. The lowest BCUT2D eigenvalue weighted by atomic mass is 9.99. The molecule has 0 fully saturated rings. The van der Waals surface area contributed by atoms with Crippen LogP contribution in [0.1, 0.15) is 5.56 Å². The first-order valence-electron chi connectivity index (χ1n) is 13.0. The summed E-state index contributed by atoms with van der Waals surface area (Å²) in [5, 5.41) is 7.82. The minimum Gasteiger partial charge on any atom is -0.437 e. The standard InChI is InChI=1S/C33H26N4O2S/c40-33(38-27-14-8-3-9-15-27)37-26-18-16-23(17-19-26)20-21-34-31-29-28(24-10-4-1-5-11-24)30(25-12-6-2-7-13-25)39-32(29)36-22-35-31/h1-19,22H,20-21H2,(H,37,40)(H,34,35,36). The van der Waals surface area contributed by atoms with E-state index in [1.165, 1.54) is 5.56 Å². The molecule has 0 bridgehead atoms. The zero-order valence-electron chi connectivity index (χ0n) is 21.6. The van der Waals surface area contributed by atoms with Gasteiger partial charge >= 0.3 is 0 Å². The molecular weight excluding hydrogens is 516 g/mol. The Morgan fingerprint density at radius 2 is 1.40 bits per heavy atom. The molecule has 0 atom stereocenters. The van der Waals surface area contributed by atoms with Crippen molar-refractivity contribution in [2.24, 2.45) is 0 Å². The molecule has 7 heteroatoms. The smallest absolute Gasteiger partial charge is 0.266 e. The normalized spacial score (nSPS) is 10.8. The molecule has 0 aliphatic carbocycles. The van der Waals surface area contributed by atoms with Gasteiger partial charge in [0.25, 0.3) is 5.17 Å². The molecule has 0 aliphatic rings. The lowest BCUT2D eigenvalue weighted by Crippen LogP contribution is -2.16. The largest absolute Gasteiger partial charge is 0.437 e. The van der Waals surface area contributed by atoms with Crippen molar-refractivity contribution in [2.45, 2.75) is 6.42 Å². The van der Waals surface area contributed by atoms with Gasteiger partial charge in [-0.15, -0.1) is 0 Å². The van der Waals surface area contributed by atoms with Gasteiger partial charge in [-0.3, -0.25) is 0 Å². The van der Waals surface area contributed by atoms with E-state index < -0.39 is 0 Å². The maximum Gasteiger partial charge on any atom is 0.266 e. The summed E-state index contributed by atoms with van der Waals surface area (Å²) in [5.74, 6) is 2.23. The maximum absolute atomic E-state index is 6.31. The van der Waals surface area contributed by atoms with Crippen molar-refractivity contribution in [1.82, 2.24) is 9.97 Å². The molecule has 0 amide bonds. The summed E-state index contributed by atoms with van der Waals surface area (Å²) in [6, 6.07) is 37.9. The van der Waals surface area contributed by atoms with E-state index in [2.05, 4.69) is 44.9 Å². The molecule has 0 radical (unpaired) electrons. The second-order valence-electron chi connectivity index (χ2n) is 9.14. The predicted molar refractivity (Wildman–Crippen MR) is 165 cm³/mol. The van der Waals surface area contributed by atoms with Crippen LogP contribution in [0.25, 0.3) is 33.6 Å². The van der Waals surface area contributed by atoms with Gasteiger partial charge in [0.1, 0.15) is 23.7 Å². The van der Waals surface area contributed by atoms with Crippen molar-refractivity contribution in [1.29, 1.82) is 0 Å². The topological polar surface area (TPSA) is 72.2 Å². The summed E-state index contributed by atoms with van der Waals surface area (Å²) < 4.78 is 12.0. The number of fused-ring (bicyclic) bond motifs is 1. The molecule has 2 aromatic heterocycles. The van der Waals surface area contributed by atoms with Crippen molar-refractivity contribution >= 4 is 40.0 Å². The van der Waals surface area contributed by atoms with E-state index in [1.54, 1.807) is 6.33 Å². The highest BCUT2D eigenvalue weighted by Gasteiger charge is 2.21. The van der Waals surface area contributed by atoms with Crippen LogP contribution in [0.2, 0.25) is 0 Å². The highest BCUT2D eigenvalue weighted by molar-refractivity contribution is 7.80. The fourth-order valence-electron chi connectivity index (χ4n) is 4.56. The van der Waals surface area contributed by atoms with Crippen molar-refractivity contribution in [3.8, 4) is 28.2 Å². The third kappa shape index (κ3) is 5.70. The second-order valence-corrected chi connectivity index (χ2v) is 9.51. The number of benzene rings is 4. The number of thiocarbonyl (C=S) groups is 1. The van der Waals surface area contributed by atoms with Crippen LogP contribution in [0.4, 0.5) is 11.5 Å². The first-order valence-corrected chi connectivity index (χ1v) is 13.4. The van der Waals surface area contributed by atoms with E-state index in [0.717, 1.165) is 45.8 Å².